The molecular weight excluding hydrogens is 509 g/mol. The molecule has 10 heteroatoms. The van der Waals surface area contributed by atoms with Gasteiger partial charge in [0.25, 0.3) is 0 Å². The summed E-state index contributed by atoms with van der Waals surface area (Å²) in [7, 11) is 3.72. The zero-order chi connectivity index (χ0) is 23.1. The van der Waals surface area contributed by atoms with E-state index in [9.17, 15) is 9.18 Å². The van der Waals surface area contributed by atoms with Crippen molar-refractivity contribution in [2.45, 2.75) is 25.5 Å². The van der Waals surface area contributed by atoms with Gasteiger partial charge in [-0.1, -0.05) is 15.9 Å². The lowest BCUT2D eigenvalue weighted by Crippen LogP contribution is -2.18. The molecule has 170 valence electrons. The Bertz CT molecular complexity index is 1390. The van der Waals surface area contributed by atoms with Crippen LogP contribution in [0.2, 0.25) is 0 Å². The van der Waals surface area contributed by atoms with E-state index in [1.807, 2.05) is 14.1 Å². The van der Waals surface area contributed by atoms with Crippen molar-refractivity contribution in [3.8, 4) is 0 Å². The van der Waals surface area contributed by atoms with Crippen LogP contribution in [0.25, 0.3) is 21.0 Å². The van der Waals surface area contributed by atoms with Crippen molar-refractivity contribution in [1.29, 1.82) is 0 Å². The molecule has 0 aliphatic carbocycles. The van der Waals surface area contributed by atoms with Crippen molar-refractivity contribution < 1.29 is 13.9 Å². The van der Waals surface area contributed by atoms with Gasteiger partial charge in [-0.15, -0.1) is 0 Å². The molecule has 0 spiro atoms. The van der Waals surface area contributed by atoms with Crippen LogP contribution in [0.15, 0.2) is 40.1 Å². The second-order valence-corrected chi connectivity index (χ2v) is 9.80. The molecule has 0 N–H and O–H groups in total. The van der Waals surface area contributed by atoms with Gasteiger partial charge in [-0.05, 0) is 49.0 Å². The molecule has 0 saturated carbocycles. The van der Waals surface area contributed by atoms with E-state index in [0.717, 1.165) is 33.8 Å². The normalized spacial score (nSPS) is 16.8. The van der Waals surface area contributed by atoms with Crippen molar-refractivity contribution in [3.63, 3.8) is 0 Å². The zero-order valence-electron chi connectivity index (χ0n) is 18.1. The zero-order valence-corrected chi connectivity index (χ0v) is 20.5. The average molecular weight is 530 g/mol. The molecule has 0 amide bonds. The smallest absolute Gasteiger partial charge is 0.196 e. The van der Waals surface area contributed by atoms with E-state index in [2.05, 4.69) is 30.4 Å². The molecule has 2 aromatic heterocycles. The Labute approximate surface area is 202 Å². The molecule has 1 aliphatic rings. The Hall–Kier alpha value is -2.69. The summed E-state index contributed by atoms with van der Waals surface area (Å²) in [4.78, 5) is 20.2. The summed E-state index contributed by atoms with van der Waals surface area (Å²) in [5.74, 6) is -0.730. The molecule has 7 nitrogen and oxygen atoms in total. The molecule has 0 bridgehead atoms. The van der Waals surface area contributed by atoms with Crippen LogP contribution in [0.4, 0.5) is 10.1 Å². The van der Waals surface area contributed by atoms with Gasteiger partial charge in [0.2, 0.25) is 0 Å². The lowest BCUT2D eigenvalue weighted by molar-refractivity contribution is -0.0391. The van der Waals surface area contributed by atoms with Crippen LogP contribution < -0.4 is 0 Å². The number of carbonyl (C=O) groups is 1. The highest BCUT2D eigenvalue weighted by Crippen LogP contribution is 2.39. The van der Waals surface area contributed by atoms with Crippen molar-refractivity contribution in [1.82, 2.24) is 19.1 Å². The molecule has 33 heavy (non-hydrogen) atoms. The van der Waals surface area contributed by atoms with Gasteiger partial charge in [-0.3, -0.25) is 4.79 Å². The number of aromatic nitrogens is 3. The molecule has 1 aliphatic heterocycles. The maximum Gasteiger partial charge on any atom is 0.196 e. The number of carbonyl (C=O) groups excluding carboxylic acids is 1. The van der Waals surface area contributed by atoms with Crippen LogP contribution in [-0.2, 0) is 4.74 Å². The van der Waals surface area contributed by atoms with Crippen molar-refractivity contribution in [2.75, 3.05) is 20.7 Å². The molecular formula is C23H21BrFN5O2S. The Balaban J connectivity index is 1.67. The number of aliphatic imine (C=N–C) groups is 1. The number of rotatable bonds is 5. The van der Waals surface area contributed by atoms with Gasteiger partial charge in [0, 0.05) is 53.9 Å². The molecule has 1 atom stereocenters. The van der Waals surface area contributed by atoms with E-state index >= 15 is 0 Å². The van der Waals surface area contributed by atoms with E-state index in [4.69, 9.17) is 4.74 Å². The first kappa shape index (κ1) is 22.1. The number of hydrogen-bond acceptors (Lipinski definition) is 6. The van der Waals surface area contributed by atoms with Gasteiger partial charge in [-0.25, -0.2) is 14.1 Å². The first-order chi connectivity index (χ1) is 15.9. The molecule has 4 aromatic rings. The highest BCUT2D eigenvalue weighted by atomic mass is 79.9. The number of ketones is 1. The van der Waals surface area contributed by atoms with Crippen LogP contribution >= 0.6 is 27.5 Å². The predicted octanol–water partition coefficient (Wildman–Crippen LogP) is 5.70. The number of halogens is 2. The third kappa shape index (κ3) is 4.07. The van der Waals surface area contributed by atoms with Crippen LogP contribution in [0, 0.1) is 5.82 Å². The van der Waals surface area contributed by atoms with Crippen LogP contribution in [0.5, 0.6) is 0 Å². The van der Waals surface area contributed by atoms with Crippen LogP contribution in [0.1, 0.15) is 41.4 Å². The van der Waals surface area contributed by atoms with Crippen molar-refractivity contribution >= 4 is 66.3 Å². The molecule has 5 rings (SSSR count). The highest BCUT2D eigenvalue weighted by molar-refractivity contribution is 9.10. The number of fused-ring (bicyclic) bond motifs is 2. The number of benzene rings is 2. The Morgan fingerprint density at radius 2 is 2.18 bits per heavy atom. The predicted molar refractivity (Wildman–Crippen MR) is 131 cm³/mol. The summed E-state index contributed by atoms with van der Waals surface area (Å²) in [6.07, 6.45) is 7.68. The summed E-state index contributed by atoms with van der Waals surface area (Å²) in [5, 5.41) is 5.76. The van der Waals surface area contributed by atoms with Gasteiger partial charge < -0.3 is 9.64 Å². The quantitative estimate of drug-likeness (QED) is 0.188. The number of ether oxygens (including phenoxy) is 1. The molecule has 2 aromatic carbocycles. The second-order valence-electron chi connectivity index (χ2n) is 8.15. The monoisotopic (exact) mass is 529 g/mol. The Morgan fingerprint density at radius 3 is 2.94 bits per heavy atom. The summed E-state index contributed by atoms with van der Waals surface area (Å²) in [5.41, 5.74) is 1.47. The van der Waals surface area contributed by atoms with Gasteiger partial charge >= 0.3 is 0 Å². The fraction of sp³-hybridized carbons (Fsp3) is 0.304. The number of nitrogens with zero attached hydrogens (tertiary/aromatic N) is 5. The minimum absolute atomic E-state index is 0.159. The minimum atomic E-state index is -0.471. The van der Waals surface area contributed by atoms with Crippen molar-refractivity contribution in [2.24, 2.45) is 4.99 Å². The largest absolute Gasteiger partial charge is 0.369 e. The van der Waals surface area contributed by atoms with Gasteiger partial charge in [0.15, 0.2) is 11.6 Å². The highest BCUT2D eigenvalue weighted by Gasteiger charge is 2.25. The van der Waals surface area contributed by atoms with Gasteiger partial charge in [0.05, 0.1) is 22.3 Å². The maximum atomic E-state index is 14.7. The topological polar surface area (TPSA) is 72.6 Å². The van der Waals surface area contributed by atoms with E-state index in [1.165, 1.54) is 23.7 Å². The molecule has 1 saturated heterocycles. The van der Waals surface area contributed by atoms with Crippen LogP contribution in [-0.4, -0.2) is 51.9 Å². The van der Waals surface area contributed by atoms with E-state index < -0.39 is 5.82 Å². The van der Waals surface area contributed by atoms with Gasteiger partial charge in [0.1, 0.15) is 11.7 Å². The molecule has 3 heterocycles. The van der Waals surface area contributed by atoms with E-state index in [0.29, 0.717) is 28.8 Å². The SMILES string of the molecule is CN(C)/C=N/c1c(C(=O)c2ccc(F)c3nn(C4CCCCO4)cc23)cc(Br)c2cnsc12. The van der Waals surface area contributed by atoms with Crippen molar-refractivity contribution in [3.05, 3.63) is 52.0 Å². The first-order valence-electron chi connectivity index (χ1n) is 10.5. The van der Waals surface area contributed by atoms with E-state index in [-0.39, 0.29) is 17.5 Å². The average Bonchev–Trinajstić information content (AvgIpc) is 3.47. The summed E-state index contributed by atoms with van der Waals surface area (Å²) in [6.45, 7) is 0.644. The van der Waals surface area contributed by atoms with Gasteiger partial charge in [-0.2, -0.15) is 9.47 Å². The summed E-state index contributed by atoms with van der Waals surface area (Å²) >= 11 is 4.84. The third-order valence-corrected chi connectivity index (χ3v) is 7.03. The fourth-order valence-electron chi connectivity index (χ4n) is 3.96. The Morgan fingerprint density at radius 1 is 1.33 bits per heavy atom. The first-order valence-corrected chi connectivity index (χ1v) is 12.1. The summed E-state index contributed by atoms with van der Waals surface area (Å²) in [6, 6.07) is 4.56. The standard InChI is InChI=1S/C23H21BrFN5O2S/c1-29(2)12-26-21-14(9-17(24)15-10-27-33-23(15)21)22(31)13-6-7-18(25)20-16(13)11-30(28-20)19-5-3-4-8-32-19/h6-7,9-12,19H,3-5,8H2,1-2H3/b26-12+. The fourth-order valence-corrected chi connectivity index (χ4v) is 5.40. The minimum Gasteiger partial charge on any atom is -0.369 e. The lowest BCUT2D eigenvalue weighted by atomic mass is 9.98. The molecule has 1 unspecified atom stereocenters. The molecule has 1 fully saturated rings. The number of hydrogen-bond donors (Lipinski definition) is 0. The van der Waals surface area contributed by atoms with Crippen LogP contribution in [0.3, 0.4) is 0 Å². The Kier molecular flexibility index (Phi) is 5.98. The third-order valence-electron chi connectivity index (χ3n) is 5.57. The summed E-state index contributed by atoms with van der Waals surface area (Å²) < 4.78 is 27.9. The van der Waals surface area contributed by atoms with E-state index in [1.54, 1.807) is 34.4 Å². The lowest BCUT2D eigenvalue weighted by Gasteiger charge is -2.22. The second kappa shape index (κ2) is 8.92. The molecule has 0 radical (unpaired) electrons. The maximum absolute atomic E-state index is 14.7.